The van der Waals surface area contributed by atoms with Gasteiger partial charge in [-0.2, -0.15) is 0 Å². The number of fused-ring (bicyclic) bond motifs is 1. The number of nitrogens with one attached hydrogen (secondary N) is 1. The van der Waals surface area contributed by atoms with Crippen LogP contribution in [-0.2, 0) is 9.59 Å². The molecule has 4 amide bonds. The lowest BCUT2D eigenvalue weighted by Crippen LogP contribution is -2.54. The highest BCUT2D eigenvalue weighted by atomic mass is 35.5. The maximum Gasteiger partial charge on any atom is 0.335 e. The number of imide groups is 2. The monoisotopic (exact) mass is 462 g/mol. The molecule has 1 saturated heterocycles. The molecule has 0 aromatic heterocycles. The highest BCUT2D eigenvalue weighted by molar-refractivity contribution is 6.40. The molecule has 0 aliphatic carbocycles. The molecule has 168 valence electrons. The van der Waals surface area contributed by atoms with Crippen LogP contribution >= 0.6 is 11.6 Å². The SMILES string of the molecule is CC[C@@H](C)Oc1ccc2ccccc2c1/C=C1\C(=O)NC(=O)N(c2cccc(Cl)c2C)C1=O. The van der Waals surface area contributed by atoms with Crippen LogP contribution in [0.4, 0.5) is 10.5 Å². The quantitative estimate of drug-likeness (QED) is 0.393. The number of barbiturate groups is 1. The molecule has 1 fully saturated rings. The smallest absolute Gasteiger partial charge is 0.335 e. The first-order valence-corrected chi connectivity index (χ1v) is 11.0. The summed E-state index contributed by atoms with van der Waals surface area (Å²) in [6, 6.07) is 15.5. The fourth-order valence-corrected chi connectivity index (χ4v) is 3.86. The minimum Gasteiger partial charge on any atom is -0.490 e. The van der Waals surface area contributed by atoms with E-state index in [4.69, 9.17) is 16.3 Å². The summed E-state index contributed by atoms with van der Waals surface area (Å²) in [5, 5.41) is 4.44. The van der Waals surface area contributed by atoms with Gasteiger partial charge >= 0.3 is 6.03 Å². The summed E-state index contributed by atoms with van der Waals surface area (Å²) >= 11 is 6.20. The molecular weight excluding hydrogens is 440 g/mol. The van der Waals surface area contributed by atoms with Crippen molar-refractivity contribution in [3.05, 3.63) is 76.3 Å². The number of halogens is 1. The van der Waals surface area contributed by atoms with E-state index < -0.39 is 17.8 Å². The summed E-state index contributed by atoms with van der Waals surface area (Å²) in [5.74, 6) is -0.932. The van der Waals surface area contributed by atoms with E-state index in [1.165, 1.54) is 6.08 Å². The molecule has 0 bridgehead atoms. The summed E-state index contributed by atoms with van der Waals surface area (Å²) in [7, 11) is 0. The first kappa shape index (κ1) is 22.6. The second-order valence-electron chi connectivity index (χ2n) is 7.88. The number of carbonyl (C=O) groups excluding carboxylic acids is 3. The number of carbonyl (C=O) groups is 3. The van der Waals surface area contributed by atoms with Crippen molar-refractivity contribution in [1.82, 2.24) is 5.32 Å². The normalized spacial score (nSPS) is 16.3. The average Bonchev–Trinajstić information content (AvgIpc) is 2.80. The number of rotatable bonds is 5. The summed E-state index contributed by atoms with van der Waals surface area (Å²) in [4.78, 5) is 39.7. The van der Waals surface area contributed by atoms with Gasteiger partial charge in [0.25, 0.3) is 11.8 Å². The van der Waals surface area contributed by atoms with Crippen LogP contribution in [0.25, 0.3) is 16.8 Å². The van der Waals surface area contributed by atoms with Crippen LogP contribution in [0.1, 0.15) is 31.4 Å². The maximum absolute atomic E-state index is 13.4. The molecule has 4 rings (SSSR count). The molecule has 3 aromatic carbocycles. The zero-order valence-electron chi connectivity index (χ0n) is 18.5. The minimum absolute atomic E-state index is 0.0635. The van der Waals surface area contributed by atoms with E-state index in [1.54, 1.807) is 25.1 Å². The van der Waals surface area contributed by atoms with Crippen molar-refractivity contribution < 1.29 is 19.1 Å². The zero-order valence-corrected chi connectivity index (χ0v) is 19.3. The Morgan fingerprint density at radius 2 is 1.82 bits per heavy atom. The first-order valence-electron chi connectivity index (χ1n) is 10.7. The van der Waals surface area contributed by atoms with E-state index in [0.717, 1.165) is 22.1 Å². The van der Waals surface area contributed by atoms with Crippen molar-refractivity contribution in [2.24, 2.45) is 0 Å². The zero-order chi connectivity index (χ0) is 23.7. The predicted molar refractivity (Wildman–Crippen MR) is 130 cm³/mol. The Hall–Kier alpha value is -3.64. The van der Waals surface area contributed by atoms with Gasteiger partial charge < -0.3 is 4.74 Å². The number of amides is 4. The van der Waals surface area contributed by atoms with Crippen LogP contribution < -0.4 is 15.0 Å². The summed E-state index contributed by atoms with van der Waals surface area (Å²) in [6.45, 7) is 5.67. The Morgan fingerprint density at radius 1 is 1.06 bits per heavy atom. The molecular formula is C26H23ClN2O4. The lowest BCUT2D eigenvalue weighted by molar-refractivity contribution is -0.122. The average molecular weight is 463 g/mol. The van der Waals surface area contributed by atoms with Crippen LogP contribution in [0.2, 0.25) is 5.02 Å². The second kappa shape index (κ2) is 9.08. The van der Waals surface area contributed by atoms with Gasteiger partial charge in [-0.1, -0.05) is 54.9 Å². The molecule has 0 spiro atoms. The molecule has 0 unspecified atom stereocenters. The van der Waals surface area contributed by atoms with Crippen LogP contribution in [0, 0.1) is 6.92 Å². The molecule has 3 aromatic rings. The molecule has 0 radical (unpaired) electrons. The maximum atomic E-state index is 13.4. The van der Waals surface area contributed by atoms with E-state index in [9.17, 15) is 14.4 Å². The second-order valence-corrected chi connectivity index (χ2v) is 8.28. The van der Waals surface area contributed by atoms with Gasteiger partial charge in [0.2, 0.25) is 0 Å². The van der Waals surface area contributed by atoms with Crippen molar-refractivity contribution in [3.63, 3.8) is 0 Å². The van der Waals surface area contributed by atoms with Crippen molar-refractivity contribution in [2.45, 2.75) is 33.3 Å². The number of nitrogens with zero attached hydrogens (tertiary/aromatic N) is 1. The van der Waals surface area contributed by atoms with Gasteiger partial charge in [0.15, 0.2) is 0 Å². The van der Waals surface area contributed by atoms with E-state index in [2.05, 4.69) is 5.32 Å². The predicted octanol–water partition coefficient (Wildman–Crippen LogP) is 5.65. The van der Waals surface area contributed by atoms with Crippen molar-refractivity contribution in [3.8, 4) is 5.75 Å². The lowest BCUT2D eigenvalue weighted by Gasteiger charge is -2.28. The lowest BCUT2D eigenvalue weighted by atomic mass is 9.99. The fraction of sp³-hybridized carbons (Fsp3) is 0.192. The molecule has 1 aliphatic rings. The van der Waals surface area contributed by atoms with Gasteiger partial charge in [-0.05, 0) is 60.9 Å². The molecule has 1 atom stereocenters. The Labute approximate surface area is 196 Å². The minimum atomic E-state index is -0.818. The molecule has 1 aliphatic heterocycles. The number of hydrogen-bond acceptors (Lipinski definition) is 4. The first-order chi connectivity index (χ1) is 15.8. The van der Waals surface area contributed by atoms with Gasteiger partial charge in [0.05, 0.1) is 11.8 Å². The molecule has 33 heavy (non-hydrogen) atoms. The van der Waals surface area contributed by atoms with Gasteiger partial charge in [-0.3, -0.25) is 14.9 Å². The summed E-state index contributed by atoms with van der Waals surface area (Å²) < 4.78 is 6.10. The molecule has 1 N–H and O–H groups in total. The third-order valence-corrected chi connectivity index (χ3v) is 6.11. The Bertz CT molecular complexity index is 1310. The van der Waals surface area contributed by atoms with Gasteiger partial charge in [0.1, 0.15) is 11.3 Å². The van der Waals surface area contributed by atoms with Gasteiger partial charge in [0, 0.05) is 10.6 Å². The fourth-order valence-electron chi connectivity index (χ4n) is 3.69. The van der Waals surface area contributed by atoms with E-state index in [0.29, 0.717) is 27.6 Å². The van der Waals surface area contributed by atoms with E-state index in [-0.39, 0.29) is 11.7 Å². The van der Waals surface area contributed by atoms with Crippen molar-refractivity contribution in [2.75, 3.05) is 4.90 Å². The number of ether oxygens (including phenoxy) is 1. The summed E-state index contributed by atoms with van der Waals surface area (Å²) in [5.41, 5.74) is 1.31. The largest absolute Gasteiger partial charge is 0.490 e. The number of benzene rings is 3. The Balaban J connectivity index is 1.88. The van der Waals surface area contributed by atoms with Crippen molar-refractivity contribution in [1.29, 1.82) is 0 Å². The molecule has 1 heterocycles. The van der Waals surface area contributed by atoms with E-state index in [1.807, 2.05) is 50.2 Å². The standard InChI is InChI=1S/C26H23ClN2O4/c1-4-15(2)33-23-13-12-17-8-5-6-9-18(17)19(23)14-20-24(30)28-26(32)29(25(20)31)22-11-7-10-21(27)16(22)3/h5-15H,4H2,1-3H3,(H,28,30,32)/b20-14+/t15-/m1/s1. The Morgan fingerprint density at radius 3 is 2.58 bits per heavy atom. The highest BCUT2D eigenvalue weighted by Gasteiger charge is 2.38. The third kappa shape index (κ3) is 4.22. The van der Waals surface area contributed by atoms with E-state index >= 15 is 0 Å². The number of urea groups is 1. The molecule has 0 saturated carbocycles. The topological polar surface area (TPSA) is 75.7 Å². The molecule has 7 heteroatoms. The third-order valence-electron chi connectivity index (χ3n) is 5.70. The number of anilines is 1. The highest BCUT2D eigenvalue weighted by Crippen LogP contribution is 2.34. The summed E-state index contributed by atoms with van der Waals surface area (Å²) in [6.07, 6.45) is 2.22. The van der Waals surface area contributed by atoms with Gasteiger partial charge in [-0.15, -0.1) is 0 Å². The Kier molecular flexibility index (Phi) is 6.20. The number of hydrogen-bond donors (Lipinski definition) is 1. The van der Waals surface area contributed by atoms with Crippen LogP contribution in [-0.4, -0.2) is 23.9 Å². The van der Waals surface area contributed by atoms with Crippen LogP contribution in [0.3, 0.4) is 0 Å². The van der Waals surface area contributed by atoms with Gasteiger partial charge in [-0.25, -0.2) is 9.69 Å². The van der Waals surface area contributed by atoms with Crippen LogP contribution in [0.15, 0.2) is 60.2 Å². The van der Waals surface area contributed by atoms with Crippen LogP contribution in [0.5, 0.6) is 5.75 Å². The molecule has 6 nitrogen and oxygen atoms in total. The van der Waals surface area contributed by atoms with Crippen molar-refractivity contribution >= 4 is 52.0 Å².